The van der Waals surface area contributed by atoms with Crippen LogP contribution in [0.2, 0.25) is 0 Å². The van der Waals surface area contributed by atoms with E-state index < -0.39 is 0 Å². The third-order valence-corrected chi connectivity index (χ3v) is 5.24. The lowest BCUT2D eigenvalue weighted by Gasteiger charge is -2.24. The quantitative estimate of drug-likeness (QED) is 0.536. The number of rotatable bonds is 1. The van der Waals surface area contributed by atoms with Crippen molar-refractivity contribution in [3.8, 4) is 0 Å². The molecule has 3 rings (SSSR count). The van der Waals surface area contributed by atoms with Gasteiger partial charge >= 0.3 is 0 Å². The van der Waals surface area contributed by atoms with E-state index >= 15 is 0 Å². The van der Waals surface area contributed by atoms with Crippen molar-refractivity contribution in [2.45, 2.75) is 6.92 Å². The number of aliphatic imine (C=N–C) groups is 1. The highest BCUT2D eigenvalue weighted by molar-refractivity contribution is 8.83. The van der Waals surface area contributed by atoms with Crippen molar-refractivity contribution < 1.29 is 0 Å². The number of fused-ring (bicyclic) bond motifs is 1. The molecule has 14 heavy (non-hydrogen) atoms. The van der Waals surface area contributed by atoms with Gasteiger partial charge in [-0.3, -0.25) is 0 Å². The maximum absolute atomic E-state index is 4.52. The van der Waals surface area contributed by atoms with Gasteiger partial charge in [0.05, 0.1) is 22.0 Å². The summed E-state index contributed by atoms with van der Waals surface area (Å²) in [6.07, 6.45) is 0. The maximum Gasteiger partial charge on any atom is 0.176 e. The summed E-state index contributed by atoms with van der Waals surface area (Å²) >= 11 is 0. The Hall–Kier alpha value is 0.0800. The zero-order chi connectivity index (χ0) is 9.54. The molecular weight excluding hydrogens is 256 g/mol. The molecule has 3 heterocycles. The number of hydrogen-bond acceptors (Lipinski definition) is 7. The monoisotopic (exact) mass is 261 g/mol. The fraction of sp³-hybridized carbons (Fsp3) is 0.333. The van der Waals surface area contributed by atoms with Gasteiger partial charge in [0.25, 0.3) is 0 Å². The molecule has 0 bridgehead atoms. The topological polar surface area (TPSA) is 42.1 Å². The third kappa shape index (κ3) is 1.28. The summed E-state index contributed by atoms with van der Waals surface area (Å²) in [4.78, 5) is 6.64. The molecule has 0 saturated heterocycles. The zero-order valence-electron chi connectivity index (χ0n) is 7.13. The van der Waals surface area contributed by atoms with E-state index in [2.05, 4.69) is 25.9 Å². The second-order valence-electron chi connectivity index (χ2n) is 2.61. The number of hydrogen-bond donors (Lipinski definition) is 0. The minimum atomic E-state index is 0.891. The second kappa shape index (κ2) is 3.58. The minimum absolute atomic E-state index is 0.891. The van der Waals surface area contributed by atoms with Crippen LogP contribution in [0.15, 0.2) is 20.2 Å². The highest BCUT2D eigenvalue weighted by Crippen LogP contribution is 2.46. The molecule has 0 aliphatic carbocycles. The molecule has 0 fully saturated rings. The average Bonchev–Trinajstić information content (AvgIpc) is 2.80. The summed E-state index contributed by atoms with van der Waals surface area (Å²) in [5.41, 5.74) is 0. The summed E-state index contributed by atoms with van der Waals surface area (Å²) < 4.78 is 8.70. The van der Waals surface area contributed by atoms with Crippen molar-refractivity contribution >= 4 is 54.4 Å². The van der Waals surface area contributed by atoms with Gasteiger partial charge in [-0.05, 0) is 28.5 Å². The van der Waals surface area contributed by atoms with Crippen LogP contribution in [-0.4, -0.2) is 22.3 Å². The molecule has 0 saturated carbocycles. The van der Waals surface area contributed by atoms with E-state index in [9.17, 15) is 0 Å². The van der Waals surface area contributed by atoms with Crippen molar-refractivity contribution in [1.82, 2.24) is 9.62 Å². The average molecular weight is 261 g/mol. The molecule has 3 aliphatic rings. The first-order valence-corrected chi connectivity index (χ1v) is 8.19. The summed E-state index contributed by atoms with van der Waals surface area (Å²) in [6, 6.07) is 0. The van der Waals surface area contributed by atoms with Crippen LogP contribution in [-0.2, 0) is 0 Å². The molecule has 0 atom stereocenters. The van der Waals surface area contributed by atoms with Crippen LogP contribution < -0.4 is 4.72 Å². The molecule has 8 heteroatoms. The first kappa shape index (κ1) is 9.32. The normalized spacial score (nSPS) is 24.2. The molecule has 0 spiro atoms. The smallest absolute Gasteiger partial charge is 0.176 e. The molecule has 0 unspecified atom stereocenters. The van der Waals surface area contributed by atoms with Gasteiger partial charge in [-0.1, -0.05) is 0 Å². The summed E-state index contributed by atoms with van der Waals surface area (Å²) in [5, 5.41) is 2.03. The fourth-order valence-corrected chi connectivity index (χ4v) is 4.65. The van der Waals surface area contributed by atoms with Crippen LogP contribution >= 0.6 is 43.5 Å². The van der Waals surface area contributed by atoms with Gasteiger partial charge in [0.15, 0.2) is 21.7 Å². The Morgan fingerprint density at radius 1 is 1.29 bits per heavy atom. The summed E-state index contributed by atoms with van der Waals surface area (Å²) in [6.45, 7) is 3.00. The minimum Gasteiger partial charge on any atom is -0.306 e. The predicted molar refractivity (Wildman–Crippen MR) is 66.8 cm³/mol. The van der Waals surface area contributed by atoms with Gasteiger partial charge in [0.2, 0.25) is 0 Å². The second-order valence-corrected chi connectivity index (χ2v) is 6.28. The molecule has 0 aromatic heterocycles. The molecular formula is C6H5N4S4. The van der Waals surface area contributed by atoms with Crippen molar-refractivity contribution in [2.24, 2.45) is 9.39 Å². The molecule has 0 aromatic carbocycles. The first-order valence-electron chi connectivity index (χ1n) is 3.97. The van der Waals surface area contributed by atoms with Crippen molar-refractivity contribution in [3.63, 3.8) is 0 Å². The van der Waals surface area contributed by atoms with Gasteiger partial charge < -0.3 is 4.90 Å². The number of amidine groups is 1. The lowest BCUT2D eigenvalue weighted by molar-refractivity contribution is 0.524. The van der Waals surface area contributed by atoms with E-state index in [0.717, 1.165) is 28.3 Å². The van der Waals surface area contributed by atoms with Crippen molar-refractivity contribution in [3.05, 3.63) is 10.9 Å². The van der Waals surface area contributed by atoms with Gasteiger partial charge in [0.1, 0.15) is 0 Å². The molecule has 1 radical (unpaired) electrons. The lowest BCUT2D eigenvalue weighted by atomic mass is 10.4. The lowest BCUT2D eigenvalue weighted by Crippen LogP contribution is -2.37. The van der Waals surface area contributed by atoms with Crippen LogP contribution in [0, 0.1) is 0 Å². The van der Waals surface area contributed by atoms with Gasteiger partial charge in [-0.2, -0.15) is 9.12 Å². The Bertz CT molecular complexity index is 374. The van der Waals surface area contributed by atoms with Crippen LogP contribution in [0.4, 0.5) is 0 Å². The Kier molecular flexibility index (Phi) is 2.38. The predicted octanol–water partition coefficient (Wildman–Crippen LogP) is 2.47. The largest absolute Gasteiger partial charge is 0.306 e. The molecule has 73 valence electrons. The zero-order valence-corrected chi connectivity index (χ0v) is 10.4. The molecule has 0 aromatic rings. The van der Waals surface area contributed by atoms with Gasteiger partial charge in [-0.15, -0.1) is 0 Å². The van der Waals surface area contributed by atoms with Crippen molar-refractivity contribution in [2.75, 3.05) is 6.54 Å². The summed E-state index contributed by atoms with van der Waals surface area (Å²) in [7, 11) is 6.20. The van der Waals surface area contributed by atoms with Gasteiger partial charge in [-0.25, -0.2) is 4.99 Å². The Morgan fingerprint density at radius 3 is 3.07 bits per heavy atom. The van der Waals surface area contributed by atoms with E-state index in [1.807, 2.05) is 0 Å². The van der Waals surface area contributed by atoms with E-state index in [0.29, 0.717) is 0 Å². The van der Waals surface area contributed by atoms with Crippen LogP contribution in [0.5, 0.6) is 0 Å². The first-order chi connectivity index (χ1) is 6.90. The Balaban J connectivity index is 2.07. The molecule has 3 aliphatic heterocycles. The SMILES string of the molecule is CCN1C2=NSSC2=NC2=C1[N]SS2. The molecule has 4 nitrogen and oxygen atoms in total. The van der Waals surface area contributed by atoms with E-state index in [4.69, 9.17) is 0 Å². The van der Waals surface area contributed by atoms with E-state index in [-0.39, 0.29) is 0 Å². The Labute approximate surface area is 97.5 Å². The van der Waals surface area contributed by atoms with E-state index in [1.165, 1.54) is 22.0 Å². The third-order valence-electron chi connectivity index (χ3n) is 1.89. The van der Waals surface area contributed by atoms with Crippen LogP contribution in [0.1, 0.15) is 6.92 Å². The highest BCUT2D eigenvalue weighted by atomic mass is 33.1. The van der Waals surface area contributed by atoms with E-state index in [1.54, 1.807) is 21.6 Å². The van der Waals surface area contributed by atoms with Crippen molar-refractivity contribution in [1.29, 1.82) is 0 Å². The molecule has 0 amide bonds. The number of nitrogens with zero attached hydrogens (tertiary/aromatic N) is 4. The molecule has 0 N–H and O–H groups in total. The van der Waals surface area contributed by atoms with Gasteiger partial charge in [0, 0.05) is 6.54 Å². The summed E-state index contributed by atoms with van der Waals surface area (Å²) in [5.74, 6) is 1.93. The standard InChI is InChI=1S/C6H5N4S4/c1-2-10-3-5(11-13-8-3)7-6-4(10)9-14-12-6/h2H2,1H3. The fourth-order valence-electron chi connectivity index (χ4n) is 1.29. The van der Waals surface area contributed by atoms with Crippen LogP contribution in [0.3, 0.4) is 0 Å². The van der Waals surface area contributed by atoms with Crippen LogP contribution in [0.25, 0.3) is 0 Å². The highest BCUT2D eigenvalue weighted by Gasteiger charge is 2.35. The maximum atomic E-state index is 4.52. The Morgan fingerprint density at radius 2 is 2.21 bits per heavy atom.